The summed E-state index contributed by atoms with van der Waals surface area (Å²) in [5.74, 6) is -0.310. The summed E-state index contributed by atoms with van der Waals surface area (Å²) < 4.78 is 9.20. The number of aromatic nitrogens is 1. The number of nitrogens with one attached hydrogen (secondary N) is 1. The molecule has 0 spiro atoms. The van der Waals surface area contributed by atoms with Gasteiger partial charge in [-0.15, -0.1) is 0 Å². The van der Waals surface area contributed by atoms with Gasteiger partial charge in [0, 0.05) is 7.05 Å². The predicted octanol–water partition coefficient (Wildman–Crippen LogP) is 2.06. The van der Waals surface area contributed by atoms with Crippen molar-refractivity contribution in [3.05, 3.63) is 11.3 Å². The Morgan fingerprint density at radius 3 is 2.71 bits per heavy atom. The van der Waals surface area contributed by atoms with Crippen molar-refractivity contribution in [1.82, 2.24) is 4.37 Å². The van der Waals surface area contributed by atoms with Gasteiger partial charge in [0.05, 0.1) is 11.8 Å². The lowest BCUT2D eigenvalue weighted by Gasteiger charge is -2.08. The smallest absolute Gasteiger partial charge is 0.343 e. The quantitative estimate of drug-likeness (QED) is 0.782. The van der Waals surface area contributed by atoms with Crippen LogP contribution in [0.15, 0.2) is 0 Å². The predicted molar refractivity (Wildman–Crippen MR) is 56.9 cm³/mol. The van der Waals surface area contributed by atoms with E-state index in [-0.39, 0.29) is 12.1 Å². The molecule has 1 aromatic heterocycles. The molecule has 0 radical (unpaired) electrons. The summed E-state index contributed by atoms with van der Waals surface area (Å²) in [7, 11) is 1.76. The zero-order valence-corrected chi connectivity index (χ0v) is 9.57. The lowest BCUT2D eigenvalue weighted by Crippen LogP contribution is -2.13. The number of hydrogen-bond donors (Lipinski definition) is 1. The highest BCUT2D eigenvalue weighted by Crippen LogP contribution is 2.24. The molecular weight excluding hydrogens is 200 g/mol. The van der Waals surface area contributed by atoms with Gasteiger partial charge in [0.25, 0.3) is 0 Å². The number of carbonyl (C=O) groups is 1. The highest BCUT2D eigenvalue weighted by atomic mass is 32.1. The molecule has 1 rings (SSSR count). The van der Waals surface area contributed by atoms with Crippen LogP contribution in [0.1, 0.15) is 29.9 Å². The molecule has 4 nitrogen and oxygen atoms in total. The van der Waals surface area contributed by atoms with E-state index in [1.165, 1.54) is 11.5 Å². The van der Waals surface area contributed by atoms with E-state index < -0.39 is 0 Å². The Bertz CT molecular complexity index is 334. The molecule has 78 valence electrons. The van der Waals surface area contributed by atoms with Gasteiger partial charge in [0.15, 0.2) is 0 Å². The number of aryl methyl sites for hydroxylation is 1. The van der Waals surface area contributed by atoms with Gasteiger partial charge in [-0.05, 0) is 32.3 Å². The first kappa shape index (κ1) is 11.0. The van der Waals surface area contributed by atoms with Crippen molar-refractivity contribution < 1.29 is 9.53 Å². The van der Waals surface area contributed by atoms with Gasteiger partial charge < -0.3 is 10.1 Å². The van der Waals surface area contributed by atoms with E-state index >= 15 is 0 Å². The van der Waals surface area contributed by atoms with Gasteiger partial charge in [-0.2, -0.15) is 4.37 Å². The lowest BCUT2D eigenvalue weighted by atomic mass is 10.2. The van der Waals surface area contributed by atoms with Gasteiger partial charge in [-0.25, -0.2) is 4.79 Å². The zero-order valence-electron chi connectivity index (χ0n) is 8.75. The van der Waals surface area contributed by atoms with Crippen LogP contribution in [0.2, 0.25) is 0 Å². The van der Waals surface area contributed by atoms with E-state index in [4.69, 9.17) is 4.74 Å². The fourth-order valence-corrected chi connectivity index (χ4v) is 1.79. The van der Waals surface area contributed by atoms with Crippen molar-refractivity contribution in [2.75, 3.05) is 12.4 Å². The average molecular weight is 214 g/mol. The molecule has 0 atom stereocenters. The van der Waals surface area contributed by atoms with Gasteiger partial charge in [-0.1, -0.05) is 0 Å². The van der Waals surface area contributed by atoms with Crippen LogP contribution in [0.5, 0.6) is 0 Å². The summed E-state index contributed by atoms with van der Waals surface area (Å²) in [5.41, 5.74) is 1.26. The van der Waals surface area contributed by atoms with Crippen molar-refractivity contribution in [1.29, 1.82) is 0 Å². The Morgan fingerprint density at radius 1 is 1.57 bits per heavy atom. The Balaban J connectivity index is 2.93. The van der Waals surface area contributed by atoms with Crippen LogP contribution in [0.4, 0.5) is 5.00 Å². The maximum atomic E-state index is 11.6. The van der Waals surface area contributed by atoms with Crippen LogP contribution in [-0.2, 0) is 4.74 Å². The van der Waals surface area contributed by atoms with Crippen molar-refractivity contribution in [3.63, 3.8) is 0 Å². The van der Waals surface area contributed by atoms with Gasteiger partial charge in [0.2, 0.25) is 0 Å². The molecular formula is C9H14N2O2S. The number of hydrogen-bond acceptors (Lipinski definition) is 5. The summed E-state index contributed by atoms with van der Waals surface area (Å²) in [6.07, 6.45) is -0.105. The topological polar surface area (TPSA) is 51.2 Å². The molecule has 0 bridgehead atoms. The van der Waals surface area contributed by atoms with Crippen molar-refractivity contribution in [3.8, 4) is 0 Å². The standard InChI is InChI=1S/C9H14N2O2S/c1-5(2)13-9(12)7-6(3)11-14-8(7)10-4/h5,10H,1-4H3. The molecule has 1 heterocycles. The van der Waals surface area contributed by atoms with Crippen LogP contribution in [0.25, 0.3) is 0 Å². The first-order chi connectivity index (χ1) is 6.56. The molecule has 0 aromatic carbocycles. The summed E-state index contributed by atoms with van der Waals surface area (Å²) in [6.45, 7) is 5.45. The second-order valence-corrected chi connectivity index (χ2v) is 3.95. The monoisotopic (exact) mass is 214 g/mol. The summed E-state index contributed by atoms with van der Waals surface area (Å²) in [4.78, 5) is 11.6. The van der Waals surface area contributed by atoms with Gasteiger partial charge in [-0.3, -0.25) is 0 Å². The number of ether oxygens (including phenoxy) is 1. The fraction of sp³-hybridized carbons (Fsp3) is 0.556. The minimum Gasteiger partial charge on any atom is -0.459 e. The maximum Gasteiger partial charge on any atom is 0.343 e. The van der Waals surface area contributed by atoms with Gasteiger partial charge in [0.1, 0.15) is 10.6 Å². The van der Waals surface area contributed by atoms with Crippen LogP contribution in [0.3, 0.4) is 0 Å². The normalized spacial score (nSPS) is 10.4. The number of anilines is 1. The van der Waals surface area contributed by atoms with E-state index in [0.29, 0.717) is 11.3 Å². The lowest BCUT2D eigenvalue weighted by molar-refractivity contribution is 0.0378. The number of rotatable bonds is 3. The Hall–Kier alpha value is -1.10. The van der Waals surface area contributed by atoms with E-state index in [9.17, 15) is 4.79 Å². The van der Waals surface area contributed by atoms with E-state index in [2.05, 4.69) is 9.69 Å². The zero-order chi connectivity index (χ0) is 10.7. The highest BCUT2D eigenvalue weighted by Gasteiger charge is 2.19. The minimum atomic E-state index is -0.310. The first-order valence-electron chi connectivity index (χ1n) is 4.41. The van der Waals surface area contributed by atoms with E-state index in [1.807, 2.05) is 13.8 Å². The second-order valence-electron chi connectivity index (χ2n) is 3.18. The Kier molecular flexibility index (Phi) is 3.46. The third kappa shape index (κ3) is 2.23. The number of nitrogens with zero attached hydrogens (tertiary/aromatic N) is 1. The minimum absolute atomic E-state index is 0.105. The van der Waals surface area contributed by atoms with Crippen molar-refractivity contribution in [2.45, 2.75) is 26.9 Å². The molecule has 0 saturated carbocycles. The average Bonchev–Trinajstić information content (AvgIpc) is 2.45. The van der Waals surface area contributed by atoms with E-state index in [1.54, 1.807) is 14.0 Å². The Morgan fingerprint density at radius 2 is 2.21 bits per heavy atom. The molecule has 5 heteroatoms. The summed E-state index contributed by atoms with van der Waals surface area (Å²) >= 11 is 1.27. The fourth-order valence-electron chi connectivity index (χ4n) is 1.05. The van der Waals surface area contributed by atoms with Crippen LogP contribution >= 0.6 is 11.5 Å². The molecule has 0 aliphatic heterocycles. The van der Waals surface area contributed by atoms with Gasteiger partial charge >= 0.3 is 5.97 Å². The third-order valence-electron chi connectivity index (χ3n) is 1.64. The first-order valence-corrected chi connectivity index (χ1v) is 5.18. The molecule has 0 aliphatic carbocycles. The van der Waals surface area contributed by atoms with Crippen LogP contribution < -0.4 is 5.32 Å². The molecule has 1 aromatic rings. The second kappa shape index (κ2) is 4.41. The molecule has 0 aliphatic rings. The molecule has 1 N–H and O–H groups in total. The van der Waals surface area contributed by atoms with Crippen LogP contribution in [0, 0.1) is 6.92 Å². The maximum absolute atomic E-state index is 11.6. The SMILES string of the molecule is CNc1snc(C)c1C(=O)OC(C)C. The molecule has 0 saturated heterocycles. The third-order valence-corrected chi connectivity index (χ3v) is 2.59. The Labute approximate surface area is 87.4 Å². The summed E-state index contributed by atoms with van der Waals surface area (Å²) in [5, 5.41) is 3.68. The highest BCUT2D eigenvalue weighted by molar-refractivity contribution is 7.10. The van der Waals surface area contributed by atoms with Crippen molar-refractivity contribution in [2.24, 2.45) is 0 Å². The van der Waals surface area contributed by atoms with E-state index in [0.717, 1.165) is 5.00 Å². The largest absolute Gasteiger partial charge is 0.459 e. The van der Waals surface area contributed by atoms with Crippen molar-refractivity contribution >= 4 is 22.5 Å². The molecule has 0 fully saturated rings. The molecule has 0 amide bonds. The number of carbonyl (C=O) groups excluding carboxylic acids is 1. The summed E-state index contributed by atoms with van der Waals surface area (Å²) in [6, 6.07) is 0. The molecule has 14 heavy (non-hydrogen) atoms. The van der Waals surface area contributed by atoms with Crippen LogP contribution in [-0.4, -0.2) is 23.5 Å². The molecule has 0 unspecified atom stereocenters. The number of esters is 1.